The molecule has 0 bridgehead atoms. The normalized spacial score (nSPS) is 37.8. The van der Waals surface area contributed by atoms with Gasteiger partial charge in [0.05, 0.1) is 0 Å². The number of nitrogens with zero attached hydrogens (tertiary/aromatic N) is 1. The van der Waals surface area contributed by atoms with E-state index >= 15 is 0 Å². The zero-order chi connectivity index (χ0) is 15.1. The summed E-state index contributed by atoms with van der Waals surface area (Å²) in [5, 5.41) is 3.01. The first-order valence-electron chi connectivity index (χ1n) is 8.61. The highest BCUT2D eigenvalue weighted by molar-refractivity contribution is 5.97. The maximum atomic E-state index is 13.0. The lowest BCUT2D eigenvalue weighted by atomic mass is 9.83. The van der Waals surface area contributed by atoms with Gasteiger partial charge in [-0.2, -0.15) is 0 Å². The Kier molecular flexibility index (Phi) is 3.98. The third kappa shape index (κ3) is 2.82. The molecule has 2 aliphatic carbocycles. The molecule has 0 radical (unpaired) electrons. The molecular formula is C17H28N2O2. The van der Waals surface area contributed by atoms with Crippen LogP contribution in [0.2, 0.25) is 0 Å². The van der Waals surface area contributed by atoms with E-state index in [0.717, 1.165) is 25.7 Å². The number of hydrogen-bond acceptors (Lipinski definition) is 2. The van der Waals surface area contributed by atoms with Crippen molar-refractivity contribution in [1.82, 2.24) is 10.2 Å². The van der Waals surface area contributed by atoms with Crippen molar-refractivity contribution in [3.63, 3.8) is 0 Å². The van der Waals surface area contributed by atoms with E-state index in [0.29, 0.717) is 11.8 Å². The SMILES string of the molecule is CC1CCCC(N2C(=O)C(C3CC3)NC(=O)C2C(C)C)C1. The van der Waals surface area contributed by atoms with Gasteiger partial charge in [0.15, 0.2) is 0 Å². The molecule has 3 aliphatic rings. The molecule has 4 nitrogen and oxygen atoms in total. The van der Waals surface area contributed by atoms with Gasteiger partial charge < -0.3 is 10.2 Å². The second-order valence-corrected chi connectivity index (χ2v) is 7.68. The molecule has 118 valence electrons. The second-order valence-electron chi connectivity index (χ2n) is 7.68. The number of carbonyl (C=O) groups excluding carboxylic acids is 2. The summed E-state index contributed by atoms with van der Waals surface area (Å²) in [5.41, 5.74) is 0. The van der Waals surface area contributed by atoms with Gasteiger partial charge in [-0.1, -0.05) is 33.6 Å². The zero-order valence-corrected chi connectivity index (χ0v) is 13.5. The van der Waals surface area contributed by atoms with Gasteiger partial charge in [-0.15, -0.1) is 0 Å². The first-order chi connectivity index (χ1) is 9.99. The fourth-order valence-electron chi connectivity index (χ4n) is 4.16. The first-order valence-corrected chi connectivity index (χ1v) is 8.61. The van der Waals surface area contributed by atoms with Crippen LogP contribution in [0.25, 0.3) is 0 Å². The lowest BCUT2D eigenvalue weighted by Gasteiger charge is -2.47. The number of piperazine rings is 1. The van der Waals surface area contributed by atoms with Crippen LogP contribution in [0.4, 0.5) is 0 Å². The smallest absolute Gasteiger partial charge is 0.246 e. The molecule has 3 fully saturated rings. The van der Waals surface area contributed by atoms with Crippen molar-refractivity contribution in [3.8, 4) is 0 Å². The molecule has 1 heterocycles. The Morgan fingerprint density at radius 1 is 1.14 bits per heavy atom. The number of carbonyl (C=O) groups is 2. The fourth-order valence-corrected chi connectivity index (χ4v) is 4.16. The average molecular weight is 292 g/mol. The van der Waals surface area contributed by atoms with Crippen molar-refractivity contribution in [3.05, 3.63) is 0 Å². The molecule has 21 heavy (non-hydrogen) atoms. The van der Waals surface area contributed by atoms with Gasteiger partial charge >= 0.3 is 0 Å². The number of amides is 2. The number of hydrogen-bond donors (Lipinski definition) is 1. The van der Waals surface area contributed by atoms with Crippen LogP contribution < -0.4 is 5.32 Å². The van der Waals surface area contributed by atoms with Crippen LogP contribution in [0.15, 0.2) is 0 Å². The van der Waals surface area contributed by atoms with Crippen molar-refractivity contribution < 1.29 is 9.59 Å². The predicted octanol–water partition coefficient (Wildman–Crippen LogP) is 2.33. The van der Waals surface area contributed by atoms with Gasteiger partial charge in [0.2, 0.25) is 11.8 Å². The van der Waals surface area contributed by atoms with E-state index in [1.807, 2.05) is 18.7 Å². The van der Waals surface area contributed by atoms with E-state index in [-0.39, 0.29) is 35.9 Å². The fraction of sp³-hybridized carbons (Fsp3) is 0.882. The predicted molar refractivity (Wildman–Crippen MR) is 81.5 cm³/mol. The van der Waals surface area contributed by atoms with Gasteiger partial charge in [0.25, 0.3) is 0 Å². The Hall–Kier alpha value is -1.06. The van der Waals surface area contributed by atoms with E-state index < -0.39 is 0 Å². The molecule has 1 saturated heterocycles. The molecule has 1 aliphatic heterocycles. The van der Waals surface area contributed by atoms with E-state index in [4.69, 9.17) is 0 Å². The first kappa shape index (κ1) is 14.9. The van der Waals surface area contributed by atoms with Crippen LogP contribution in [-0.2, 0) is 9.59 Å². The maximum absolute atomic E-state index is 13.0. The van der Waals surface area contributed by atoms with Crippen LogP contribution >= 0.6 is 0 Å². The summed E-state index contributed by atoms with van der Waals surface area (Å²) in [5.74, 6) is 1.48. The van der Waals surface area contributed by atoms with E-state index in [9.17, 15) is 9.59 Å². The summed E-state index contributed by atoms with van der Waals surface area (Å²) in [6.07, 6.45) is 6.71. The summed E-state index contributed by atoms with van der Waals surface area (Å²) >= 11 is 0. The highest BCUT2D eigenvalue weighted by Crippen LogP contribution is 2.38. The molecule has 0 aromatic heterocycles. The largest absolute Gasteiger partial charge is 0.342 e. The van der Waals surface area contributed by atoms with E-state index in [1.54, 1.807) is 0 Å². The highest BCUT2D eigenvalue weighted by atomic mass is 16.2. The maximum Gasteiger partial charge on any atom is 0.246 e. The monoisotopic (exact) mass is 292 g/mol. The Morgan fingerprint density at radius 3 is 2.43 bits per heavy atom. The van der Waals surface area contributed by atoms with Crippen molar-refractivity contribution in [2.24, 2.45) is 17.8 Å². The van der Waals surface area contributed by atoms with Crippen LogP contribution in [0.5, 0.6) is 0 Å². The third-order valence-corrected chi connectivity index (χ3v) is 5.41. The van der Waals surface area contributed by atoms with Crippen LogP contribution in [-0.4, -0.2) is 34.8 Å². The minimum atomic E-state index is -0.275. The minimum absolute atomic E-state index is 0.0692. The Balaban J connectivity index is 1.86. The quantitative estimate of drug-likeness (QED) is 0.868. The molecule has 0 spiro atoms. The Labute approximate surface area is 127 Å². The molecule has 2 amide bonds. The Morgan fingerprint density at radius 2 is 1.86 bits per heavy atom. The average Bonchev–Trinajstić information content (AvgIpc) is 3.24. The van der Waals surface area contributed by atoms with Crippen molar-refractivity contribution in [1.29, 1.82) is 0 Å². The zero-order valence-electron chi connectivity index (χ0n) is 13.5. The molecule has 1 N–H and O–H groups in total. The Bertz CT molecular complexity index is 431. The van der Waals surface area contributed by atoms with Gasteiger partial charge in [-0.3, -0.25) is 9.59 Å². The molecule has 4 heteroatoms. The molecule has 3 rings (SSSR count). The highest BCUT2D eigenvalue weighted by Gasteiger charge is 2.49. The standard InChI is InChI=1S/C17H28N2O2/c1-10(2)15-16(20)18-14(12-7-8-12)17(21)19(15)13-6-4-5-11(3)9-13/h10-15H,4-9H2,1-3H3,(H,18,20). The van der Waals surface area contributed by atoms with Crippen molar-refractivity contribution in [2.75, 3.05) is 0 Å². The molecule has 2 saturated carbocycles. The molecular weight excluding hydrogens is 264 g/mol. The number of nitrogens with one attached hydrogen (secondary N) is 1. The van der Waals surface area contributed by atoms with Crippen LogP contribution in [0, 0.1) is 17.8 Å². The summed E-state index contributed by atoms with van der Waals surface area (Å²) < 4.78 is 0. The van der Waals surface area contributed by atoms with Crippen LogP contribution in [0.1, 0.15) is 59.3 Å². The van der Waals surface area contributed by atoms with E-state index in [2.05, 4.69) is 12.2 Å². The lowest BCUT2D eigenvalue weighted by molar-refractivity contribution is -0.156. The van der Waals surface area contributed by atoms with Crippen molar-refractivity contribution in [2.45, 2.75) is 77.4 Å². The van der Waals surface area contributed by atoms with Gasteiger partial charge in [0.1, 0.15) is 12.1 Å². The summed E-state index contributed by atoms with van der Waals surface area (Å²) in [7, 11) is 0. The molecule has 0 aromatic carbocycles. The van der Waals surface area contributed by atoms with Gasteiger partial charge in [-0.25, -0.2) is 0 Å². The van der Waals surface area contributed by atoms with Crippen molar-refractivity contribution >= 4 is 11.8 Å². The topological polar surface area (TPSA) is 49.4 Å². The lowest BCUT2D eigenvalue weighted by Crippen LogP contribution is -2.68. The molecule has 0 aromatic rings. The summed E-state index contributed by atoms with van der Waals surface area (Å²) in [6.45, 7) is 6.37. The summed E-state index contributed by atoms with van der Waals surface area (Å²) in [6, 6.07) is -0.256. The van der Waals surface area contributed by atoms with Gasteiger partial charge in [-0.05, 0) is 43.4 Å². The molecule has 4 unspecified atom stereocenters. The van der Waals surface area contributed by atoms with Crippen LogP contribution in [0.3, 0.4) is 0 Å². The third-order valence-electron chi connectivity index (χ3n) is 5.41. The molecule has 4 atom stereocenters. The minimum Gasteiger partial charge on any atom is -0.342 e. The summed E-state index contributed by atoms with van der Waals surface area (Å²) in [4.78, 5) is 27.5. The van der Waals surface area contributed by atoms with Gasteiger partial charge in [0, 0.05) is 6.04 Å². The number of rotatable bonds is 3. The second kappa shape index (κ2) is 5.62. The van der Waals surface area contributed by atoms with E-state index in [1.165, 1.54) is 12.8 Å².